The van der Waals surface area contributed by atoms with Crippen LogP contribution in [0.25, 0.3) is 22.4 Å². The maximum atomic E-state index is 14.3. The van der Waals surface area contributed by atoms with Crippen molar-refractivity contribution in [1.82, 2.24) is 15.2 Å². The highest BCUT2D eigenvalue weighted by atomic mass is 35.5. The van der Waals surface area contributed by atoms with E-state index >= 15 is 0 Å². The highest BCUT2D eigenvalue weighted by Crippen LogP contribution is 2.38. The Hall–Kier alpha value is -3.20. The van der Waals surface area contributed by atoms with E-state index in [2.05, 4.69) is 15.2 Å². The van der Waals surface area contributed by atoms with Gasteiger partial charge in [-0.3, -0.25) is 4.79 Å². The summed E-state index contributed by atoms with van der Waals surface area (Å²) in [5, 5.41) is 13.4. The lowest BCUT2D eigenvalue weighted by atomic mass is 9.81. The Morgan fingerprint density at radius 3 is 2.45 bits per heavy atom. The van der Waals surface area contributed by atoms with Gasteiger partial charge in [0, 0.05) is 28.3 Å². The summed E-state index contributed by atoms with van der Waals surface area (Å²) in [5.74, 6) is -1.69. The highest BCUT2D eigenvalue weighted by Gasteiger charge is 2.41. The predicted octanol–water partition coefficient (Wildman–Crippen LogP) is 6.71. The Bertz CT molecular complexity index is 1390. The molecule has 1 fully saturated rings. The Balaban J connectivity index is 1.75. The van der Waals surface area contributed by atoms with E-state index in [0.717, 1.165) is 19.4 Å². The Kier molecular flexibility index (Phi) is 9.66. The summed E-state index contributed by atoms with van der Waals surface area (Å²) in [4.78, 5) is 32.2. The van der Waals surface area contributed by atoms with E-state index in [4.69, 9.17) is 27.9 Å². The van der Waals surface area contributed by atoms with Gasteiger partial charge >= 0.3 is 5.97 Å². The fraction of sp³-hybridized carbons (Fsp3) is 0.367. The zero-order valence-corrected chi connectivity index (χ0v) is 24.0. The van der Waals surface area contributed by atoms with Crippen molar-refractivity contribution in [1.29, 1.82) is 0 Å². The van der Waals surface area contributed by atoms with Gasteiger partial charge in [0.1, 0.15) is 22.8 Å². The molecule has 1 aliphatic rings. The van der Waals surface area contributed by atoms with Gasteiger partial charge < -0.3 is 20.1 Å². The minimum absolute atomic E-state index is 0.0286. The zero-order valence-electron chi connectivity index (χ0n) is 22.5. The topological polar surface area (TPSA) is 91.8 Å². The van der Waals surface area contributed by atoms with E-state index < -0.39 is 23.2 Å². The average molecular weight is 589 g/mol. The van der Waals surface area contributed by atoms with E-state index in [9.17, 15) is 19.1 Å². The standard InChI is InChI=1S/C30H32Cl2FN3O4/c1-36(2)15-6-16-40-26-17-19(7-10-24(26)32)27-21(22-18-20(33)8-11-23(22)31)9-12-25(34-27)28(37)35-30(29(38)39)13-4-3-5-14-30/h7-12,17-18H,3-6,13-16H2,1-2H3,(H,35,37)(H,38,39). The summed E-state index contributed by atoms with van der Waals surface area (Å²) in [7, 11) is 3.96. The predicted molar refractivity (Wildman–Crippen MR) is 155 cm³/mol. The molecule has 0 atom stereocenters. The highest BCUT2D eigenvalue weighted by molar-refractivity contribution is 6.33. The summed E-state index contributed by atoms with van der Waals surface area (Å²) < 4.78 is 20.2. The second-order valence-electron chi connectivity index (χ2n) is 10.3. The van der Waals surface area contributed by atoms with Crippen molar-refractivity contribution in [3.63, 3.8) is 0 Å². The van der Waals surface area contributed by atoms with Crippen LogP contribution in [0.4, 0.5) is 4.39 Å². The molecule has 0 radical (unpaired) electrons. The van der Waals surface area contributed by atoms with Crippen LogP contribution in [-0.4, -0.2) is 59.7 Å². The zero-order chi connectivity index (χ0) is 28.9. The number of carbonyl (C=O) groups excluding carboxylic acids is 1. The number of carboxylic acid groups (broad SMARTS) is 1. The lowest BCUT2D eigenvalue weighted by molar-refractivity contribution is -0.145. The number of nitrogens with one attached hydrogen (secondary N) is 1. The van der Waals surface area contributed by atoms with Gasteiger partial charge in [0.05, 0.1) is 17.3 Å². The first-order valence-corrected chi connectivity index (χ1v) is 13.9. The molecule has 0 bridgehead atoms. The first kappa shape index (κ1) is 29.8. The number of amides is 1. The van der Waals surface area contributed by atoms with Crippen molar-refractivity contribution in [2.45, 2.75) is 44.1 Å². The van der Waals surface area contributed by atoms with Gasteiger partial charge in [0.25, 0.3) is 5.91 Å². The molecule has 1 saturated carbocycles. The van der Waals surface area contributed by atoms with Crippen LogP contribution in [0.5, 0.6) is 5.75 Å². The van der Waals surface area contributed by atoms with E-state index in [1.165, 1.54) is 24.3 Å². The number of hydrogen-bond acceptors (Lipinski definition) is 5. The lowest BCUT2D eigenvalue weighted by Crippen LogP contribution is -2.55. The van der Waals surface area contributed by atoms with Crippen molar-refractivity contribution in [2.75, 3.05) is 27.2 Å². The summed E-state index contributed by atoms with van der Waals surface area (Å²) in [5.41, 5.74) is 0.503. The van der Waals surface area contributed by atoms with Crippen LogP contribution in [0.3, 0.4) is 0 Å². The normalized spacial score (nSPS) is 14.7. The second kappa shape index (κ2) is 13.0. The monoisotopic (exact) mass is 587 g/mol. The minimum Gasteiger partial charge on any atom is -0.492 e. The first-order valence-electron chi connectivity index (χ1n) is 13.2. The average Bonchev–Trinajstić information content (AvgIpc) is 2.93. The number of aliphatic carboxylic acids is 1. The van der Waals surface area contributed by atoms with Crippen molar-refractivity contribution < 1.29 is 23.8 Å². The third-order valence-electron chi connectivity index (χ3n) is 7.03. The molecule has 3 aromatic rings. The van der Waals surface area contributed by atoms with E-state index in [1.807, 2.05) is 14.1 Å². The van der Waals surface area contributed by atoms with Crippen LogP contribution in [0.15, 0.2) is 48.5 Å². The van der Waals surface area contributed by atoms with E-state index in [-0.39, 0.29) is 5.69 Å². The van der Waals surface area contributed by atoms with Crippen LogP contribution in [-0.2, 0) is 4.79 Å². The molecule has 212 valence electrons. The van der Waals surface area contributed by atoms with Gasteiger partial charge in [-0.15, -0.1) is 0 Å². The molecule has 1 aliphatic carbocycles. The number of benzene rings is 2. The molecule has 1 heterocycles. The molecule has 0 unspecified atom stereocenters. The molecule has 1 amide bonds. The summed E-state index contributed by atoms with van der Waals surface area (Å²) in [6.45, 7) is 1.28. The Morgan fingerprint density at radius 1 is 1.02 bits per heavy atom. The molecular weight excluding hydrogens is 556 g/mol. The Labute approximate surface area is 243 Å². The summed E-state index contributed by atoms with van der Waals surface area (Å²) in [6, 6.07) is 12.3. The smallest absolute Gasteiger partial charge is 0.329 e. The molecule has 10 heteroatoms. The van der Waals surface area contributed by atoms with Crippen molar-refractivity contribution in [2.24, 2.45) is 0 Å². The molecule has 0 spiro atoms. The fourth-order valence-corrected chi connectivity index (χ4v) is 5.27. The molecule has 0 saturated heterocycles. The molecule has 7 nitrogen and oxygen atoms in total. The number of aromatic nitrogens is 1. The second-order valence-corrected chi connectivity index (χ2v) is 11.1. The third kappa shape index (κ3) is 6.92. The first-order chi connectivity index (χ1) is 19.1. The number of rotatable bonds is 10. The lowest BCUT2D eigenvalue weighted by Gasteiger charge is -2.33. The number of ether oxygens (including phenoxy) is 1. The van der Waals surface area contributed by atoms with Crippen LogP contribution >= 0.6 is 23.2 Å². The van der Waals surface area contributed by atoms with Gasteiger partial charge in [-0.05, 0) is 75.8 Å². The molecule has 40 heavy (non-hydrogen) atoms. The quantitative estimate of drug-likeness (QED) is 0.256. The SMILES string of the molecule is CN(C)CCCOc1cc(-c2nc(C(=O)NC3(C(=O)O)CCCCC3)ccc2-c2cc(F)ccc2Cl)ccc1Cl. The molecule has 0 aliphatic heterocycles. The van der Waals surface area contributed by atoms with Crippen LogP contribution in [0.1, 0.15) is 49.0 Å². The van der Waals surface area contributed by atoms with E-state index in [0.29, 0.717) is 70.5 Å². The minimum atomic E-state index is -1.34. The van der Waals surface area contributed by atoms with Crippen LogP contribution < -0.4 is 10.1 Å². The number of carbonyl (C=O) groups is 2. The van der Waals surface area contributed by atoms with Crippen molar-refractivity contribution in [3.8, 4) is 28.1 Å². The van der Waals surface area contributed by atoms with Crippen molar-refractivity contribution in [3.05, 3.63) is 70.1 Å². The van der Waals surface area contributed by atoms with Gasteiger partial charge in [0.15, 0.2) is 0 Å². The van der Waals surface area contributed by atoms with E-state index in [1.54, 1.807) is 24.3 Å². The van der Waals surface area contributed by atoms with Crippen LogP contribution in [0, 0.1) is 5.82 Å². The number of nitrogens with zero attached hydrogens (tertiary/aromatic N) is 2. The third-order valence-corrected chi connectivity index (χ3v) is 7.67. The number of pyridine rings is 1. The van der Waals surface area contributed by atoms with Gasteiger partial charge in [0.2, 0.25) is 0 Å². The maximum absolute atomic E-state index is 14.3. The van der Waals surface area contributed by atoms with Crippen LogP contribution in [0.2, 0.25) is 10.0 Å². The van der Waals surface area contributed by atoms with Crippen molar-refractivity contribution >= 4 is 35.1 Å². The number of halogens is 3. The molecule has 2 N–H and O–H groups in total. The molecule has 1 aromatic heterocycles. The maximum Gasteiger partial charge on any atom is 0.329 e. The van der Waals surface area contributed by atoms with Gasteiger partial charge in [-0.25, -0.2) is 14.2 Å². The Morgan fingerprint density at radius 2 is 1.75 bits per heavy atom. The largest absolute Gasteiger partial charge is 0.492 e. The molecule has 2 aromatic carbocycles. The summed E-state index contributed by atoms with van der Waals surface area (Å²) in [6.07, 6.45) is 3.84. The molecular formula is C30H32Cl2FN3O4. The number of hydrogen-bond donors (Lipinski definition) is 2. The fourth-order valence-electron chi connectivity index (χ4n) is 4.88. The van der Waals surface area contributed by atoms with Gasteiger partial charge in [-0.2, -0.15) is 0 Å². The van der Waals surface area contributed by atoms with Gasteiger partial charge in [-0.1, -0.05) is 48.5 Å². The number of carboxylic acids is 1. The summed E-state index contributed by atoms with van der Waals surface area (Å²) >= 11 is 12.9. The molecule has 4 rings (SSSR count).